The number of ether oxygens (including phenoxy) is 1. The predicted octanol–water partition coefficient (Wildman–Crippen LogP) is 17.1. The van der Waals surface area contributed by atoms with Crippen LogP contribution in [-0.2, 0) is 14.3 Å². The molecular formula is C56H111NO5. The van der Waals surface area contributed by atoms with Crippen molar-refractivity contribution in [3.63, 3.8) is 0 Å². The van der Waals surface area contributed by atoms with Gasteiger partial charge in [-0.3, -0.25) is 9.59 Å². The zero-order chi connectivity index (χ0) is 45.2. The van der Waals surface area contributed by atoms with E-state index in [2.05, 4.69) is 26.1 Å². The normalized spacial score (nSPS) is 13.0. The summed E-state index contributed by atoms with van der Waals surface area (Å²) in [6, 6.07) is -0.692. The zero-order valence-electron chi connectivity index (χ0n) is 42.3. The lowest BCUT2D eigenvalue weighted by atomic mass is 10.0. The Labute approximate surface area is 387 Å². The molecule has 370 valence electrons. The minimum absolute atomic E-state index is 0.0883. The predicted molar refractivity (Wildman–Crippen MR) is 269 cm³/mol. The second-order valence-electron chi connectivity index (χ2n) is 19.7. The van der Waals surface area contributed by atoms with Crippen molar-refractivity contribution in [3.8, 4) is 0 Å². The van der Waals surface area contributed by atoms with Crippen LogP contribution in [0.3, 0.4) is 0 Å². The van der Waals surface area contributed by atoms with Crippen molar-refractivity contribution in [1.82, 2.24) is 5.32 Å². The molecule has 0 bridgehead atoms. The minimum Gasteiger partial charge on any atom is -0.462 e. The van der Waals surface area contributed by atoms with Crippen molar-refractivity contribution in [2.24, 2.45) is 0 Å². The third-order valence-corrected chi connectivity index (χ3v) is 13.4. The highest BCUT2D eigenvalue weighted by atomic mass is 16.5. The van der Waals surface area contributed by atoms with E-state index in [4.69, 9.17) is 4.74 Å². The number of nitrogens with one attached hydrogen (secondary N) is 1. The summed E-state index contributed by atoms with van der Waals surface area (Å²) in [5, 5.41) is 23.9. The van der Waals surface area contributed by atoms with Gasteiger partial charge in [0.05, 0.1) is 25.2 Å². The zero-order valence-corrected chi connectivity index (χ0v) is 42.3. The second kappa shape index (κ2) is 50.9. The van der Waals surface area contributed by atoms with Crippen molar-refractivity contribution in [3.05, 3.63) is 0 Å². The van der Waals surface area contributed by atoms with Gasteiger partial charge in [-0.25, -0.2) is 0 Å². The highest BCUT2D eigenvalue weighted by molar-refractivity contribution is 5.77. The second-order valence-corrected chi connectivity index (χ2v) is 19.7. The number of unbranched alkanes of at least 4 members (excludes halogenated alkanes) is 40. The monoisotopic (exact) mass is 878 g/mol. The molecule has 0 rings (SSSR count). The summed E-state index contributed by atoms with van der Waals surface area (Å²) >= 11 is 0. The van der Waals surface area contributed by atoms with Gasteiger partial charge in [-0.15, -0.1) is 0 Å². The van der Waals surface area contributed by atoms with Crippen molar-refractivity contribution >= 4 is 11.9 Å². The van der Waals surface area contributed by atoms with Gasteiger partial charge in [0, 0.05) is 6.42 Å². The largest absolute Gasteiger partial charge is 0.462 e. The highest BCUT2D eigenvalue weighted by Gasteiger charge is 2.24. The number of carbonyl (C=O) groups is 2. The summed E-state index contributed by atoms with van der Waals surface area (Å²) in [6.45, 7) is 6.53. The van der Waals surface area contributed by atoms with Crippen LogP contribution in [0.1, 0.15) is 323 Å². The SMILES string of the molecule is CCCCCCCCCCCCCCCCCC(=O)OC(CCCCCCCCCCCCCCC)CC(=O)NC(CO)C(O)CCCCCCCCCCCCCCCCC. The maximum Gasteiger partial charge on any atom is 0.306 e. The van der Waals surface area contributed by atoms with Crippen LogP contribution in [0.25, 0.3) is 0 Å². The van der Waals surface area contributed by atoms with Crippen LogP contribution in [0.4, 0.5) is 0 Å². The van der Waals surface area contributed by atoms with E-state index >= 15 is 0 Å². The number of amides is 1. The third-order valence-electron chi connectivity index (χ3n) is 13.4. The van der Waals surface area contributed by atoms with Gasteiger partial charge in [0.2, 0.25) is 5.91 Å². The summed E-state index contributed by atoms with van der Waals surface area (Å²) in [5.41, 5.74) is 0. The molecule has 0 aliphatic carbocycles. The molecule has 0 aliphatic rings. The van der Waals surface area contributed by atoms with Gasteiger partial charge < -0.3 is 20.3 Å². The van der Waals surface area contributed by atoms with Crippen LogP contribution >= 0.6 is 0 Å². The fourth-order valence-corrected chi connectivity index (χ4v) is 9.14. The first-order chi connectivity index (χ1) is 30.5. The van der Waals surface area contributed by atoms with E-state index in [0.717, 1.165) is 38.5 Å². The molecule has 3 atom stereocenters. The van der Waals surface area contributed by atoms with E-state index in [0.29, 0.717) is 19.3 Å². The first-order valence-electron chi connectivity index (χ1n) is 28.3. The van der Waals surface area contributed by atoms with Crippen LogP contribution in [0.15, 0.2) is 0 Å². The van der Waals surface area contributed by atoms with Gasteiger partial charge in [-0.2, -0.15) is 0 Å². The van der Waals surface area contributed by atoms with Crippen LogP contribution < -0.4 is 5.32 Å². The average molecular weight is 879 g/mol. The standard InChI is InChI=1S/C56H111NO5/c1-4-7-10-13-16-19-22-25-27-30-33-36-39-42-45-48-54(59)53(51-58)57-55(60)50-52(47-44-41-38-35-32-29-24-21-18-15-12-9-6-3)62-56(61)49-46-43-40-37-34-31-28-26-23-20-17-14-11-8-5-2/h52-54,58-59H,4-51H2,1-3H3,(H,57,60). The molecule has 6 heteroatoms. The Hall–Kier alpha value is -1.14. The summed E-state index contributed by atoms with van der Waals surface area (Å²) in [4.78, 5) is 26.2. The van der Waals surface area contributed by atoms with E-state index in [1.165, 1.54) is 238 Å². The number of aliphatic hydroxyl groups is 2. The average Bonchev–Trinajstić information content (AvgIpc) is 3.26. The van der Waals surface area contributed by atoms with E-state index in [1.807, 2.05) is 0 Å². The lowest BCUT2D eigenvalue weighted by Crippen LogP contribution is -2.46. The fraction of sp³-hybridized carbons (Fsp3) is 0.964. The number of carbonyl (C=O) groups excluding carboxylic acids is 2. The van der Waals surface area contributed by atoms with Gasteiger partial charge in [0.25, 0.3) is 0 Å². The molecule has 1 amide bonds. The summed E-state index contributed by atoms with van der Waals surface area (Å²) in [7, 11) is 0. The Morgan fingerprint density at radius 2 is 0.677 bits per heavy atom. The molecule has 0 heterocycles. The number of esters is 1. The minimum atomic E-state index is -0.780. The Morgan fingerprint density at radius 1 is 0.403 bits per heavy atom. The molecule has 0 aromatic carbocycles. The third kappa shape index (κ3) is 45.4. The molecular weight excluding hydrogens is 767 g/mol. The first-order valence-corrected chi connectivity index (χ1v) is 28.3. The smallest absolute Gasteiger partial charge is 0.306 e. The van der Waals surface area contributed by atoms with E-state index in [-0.39, 0.29) is 24.9 Å². The van der Waals surface area contributed by atoms with Crippen LogP contribution in [-0.4, -0.2) is 46.9 Å². The maximum absolute atomic E-state index is 13.2. The van der Waals surface area contributed by atoms with E-state index < -0.39 is 18.2 Å². The molecule has 0 aromatic rings. The fourth-order valence-electron chi connectivity index (χ4n) is 9.14. The molecule has 0 saturated heterocycles. The summed E-state index contributed by atoms with van der Waals surface area (Å²) in [5.74, 6) is -0.446. The van der Waals surface area contributed by atoms with Gasteiger partial charge in [0.15, 0.2) is 0 Å². The molecule has 3 unspecified atom stereocenters. The number of rotatable bonds is 52. The lowest BCUT2D eigenvalue weighted by molar-refractivity contribution is -0.151. The molecule has 62 heavy (non-hydrogen) atoms. The van der Waals surface area contributed by atoms with Crippen molar-refractivity contribution < 1.29 is 24.5 Å². The van der Waals surface area contributed by atoms with E-state index in [9.17, 15) is 19.8 Å². The molecule has 3 N–H and O–H groups in total. The number of hydrogen-bond acceptors (Lipinski definition) is 5. The Balaban J connectivity index is 4.47. The van der Waals surface area contributed by atoms with Crippen LogP contribution in [0.5, 0.6) is 0 Å². The molecule has 0 radical (unpaired) electrons. The highest BCUT2D eigenvalue weighted by Crippen LogP contribution is 2.19. The Kier molecular flexibility index (Phi) is 49.9. The molecule has 0 aromatic heterocycles. The number of hydrogen-bond donors (Lipinski definition) is 3. The van der Waals surface area contributed by atoms with Gasteiger partial charge in [-0.1, -0.05) is 284 Å². The van der Waals surface area contributed by atoms with Gasteiger partial charge in [-0.05, 0) is 25.7 Å². The summed E-state index contributed by atoms with van der Waals surface area (Å²) < 4.78 is 5.96. The van der Waals surface area contributed by atoms with E-state index in [1.54, 1.807) is 0 Å². The van der Waals surface area contributed by atoms with Crippen LogP contribution in [0, 0.1) is 0 Å². The van der Waals surface area contributed by atoms with Gasteiger partial charge in [0.1, 0.15) is 6.10 Å². The van der Waals surface area contributed by atoms with Crippen molar-refractivity contribution in [2.45, 2.75) is 341 Å². The van der Waals surface area contributed by atoms with Crippen molar-refractivity contribution in [2.75, 3.05) is 6.61 Å². The van der Waals surface area contributed by atoms with Crippen LogP contribution in [0.2, 0.25) is 0 Å². The Morgan fingerprint density at radius 3 is 0.984 bits per heavy atom. The first kappa shape index (κ1) is 60.9. The molecule has 0 fully saturated rings. The van der Waals surface area contributed by atoms with Gasteiger partial charge >= 0.3 is 5.97 Å². The molecule has 0 aliphatic heterocycles. The lowest BCUT2D eigenvalue weighted by Gasteiger charge is -2.24. The molecule has 0 spiro atoms. The summed E-state index contributed by atoms with van der Waals surface area (Å²) in [6.07, 6.45) is 55.9. The maximum atomic E-state index is 13.2. The molecule has 6 nitrogen and oxygen atoms in total. The molecule has 0 saturated carbocycles. The number of aliphatic hydroxyl groups excluding tert-OH is 2. The Bertz CT molecular complexity index is 898. The topological polar surface area (TPSA) is 95.9 Å². The quantitative estimate of drug-likeness (QED) is 0.0418. The van der Waals surface area contributed by atoms with Crippen molar-refractivity contribution in [1.29, 1.82) is 0 Å².